The SMILES string of the molecule is O=COC1CCC(C2CCC(C(=O)O)C(C(=O)O)C2)CC1OC=O. The molecule has 6 atom stereocenters. The topological polar surface area (TPSA) is 127 Å². The molecule has 0 saturated heterocycles. The minimum absolute atomic E-state index is 0.0663. The first-order valence-electron chi connectivity index (χ1n) is 8.11. The maximum Gasteiger partial charge on any atom is 0.307 e. The highest BCUT2D eigenvalue weighted by molar-refractivity contribution is 5.80. The largest absolute Gasteiger partial charge is 0.481 e. The van der Waals surface area contributed by atoms with Crippen LogP contribution >= 0.6 is 0 Å². The van der Waals surface area contributed by atoms with E-state index in [2.05, 4.69) is 0 Å². The molecule has 24 heavy (non-hydrogen) atoms. The molecule has 2 rings (SSSR count). The minimum atomic E-state index is -1.08. The summed E-state index contributed by atoms with van der Waals surface area (Å²) in [6.45, 7) is 0.667. The summed E-state index contributed by atoms with van der Waals surface area (Å²) in [7, 11) is 0. The van der Waals surface area contributed by atoms with Crippen LogP contribution in [0.5, 0.6) is 0 Å². The predicted octanol–water partition coefficient (Wildman–Crippen LogP) is 1.07. The number of hydrogen-bond acceptors (Lipinski definition) is 6. The normalized spacial score (nSPS) is 36.3. The summed E-state index contributed by atoms with van der Waals surface area (Å²) in [6.07, 6.45) is 2.03. The summed E-state index contributed by atoms with van der Waals surface area (Å²) in [5, 5.41) is 18.5. The number of rotatable bonds is 7. The number of carbonyl (C=O) groups is 4. The van der Waals surface area contributed by atoms with Gasteiger partial charge < -0.3 is 19.7 Å². The molecule has 8 heteroatoms. The van der Waals surface area contributed by atoms with Crippen LogP contribution < -0.4 is 0 Å². The smallest absolute Gasteiger partial charge is 0.307 e. The molecule has 0 amide bonds. The van der Waals surface area contributed by atoms with E-state index in [9.17, 15) is 29.4 Å². The Morgan fingerprint density at radius 1 is 0.750 bits per heavy atom. The molecule has 134 valence electrons. The molecule has 2 aliphatic rings. The van der Waals surface area contributed by atoms with Gasteiger partial charge in [0, 0.05) is 0 Å². The molecule has 2 aliphatic carbocycles. The molecule has 8 nitrogen and oxygen atoms in total. The predicted molar refractivity (Wildman–Crippen MR) is 78.8 cm³/mol. The molecule has 0 aromatic carbocycles. The zero-order chi connectivity index (χ0) is 17.7. The van der Waals surface area contributed by atoms with Gasteiger partial charge in [0.25, 0.3) is 12.9 Å². The van der Waals surface area contributed by atoms with Gasteiger partial charge in [0.1, 0.15) is 12.2 Å². The van der Waals surface area contributed by atoms with E-state index in [1.807, 2.05) is 0 Å². The van der Waals surface area contributed by atoms with Gasteiger partial charge in [-0.15, -0.1) is 0 Å². The van der Waals surface area contributed by atoms with Crippen LogP contribution in [-0.2, 0) is 28.7 Å². The van der Waals surface area contributed by atoms with Crippen molar-refractivity contribution in [3.63, 3.8) is 0 Å². The second kappa shape index (κ2) is 8.12. The Balaban J connectivity index is 2.03. The first-order valence-corrected chi connectivity index (χ1v) is 8.11. The van der Waals surface area contributed by atoms with Crippen molar-refractivity contribution >= 4 is 24.9 Å². The lowest BCUT2D eigenvalue weighted by Gasteiger charge is -2.41. The summed E-state index contributed by atoms with van der Waals surface area (Å²) >= 11 is 0. The van der Waals surface area contributed by atoms with E-state index in [0.717, 1.165) is 6.42 Å². The van der Waals surface area contributed by atoms with Crippen molar-refractivity contribution in [1.29, 1.82) is 0 Å². The minimum Gasteiger partial charge on any atom is -0.481 e. The maximum absolute atomic E-state index is 11.4. The molecule has 0 heterocycles. The number of aliphatic carboxylic acids is 2. The van der Waals surface area contributed by atoms with Crippen LogP contribution in [0.15, 0.2) is 0 Å². The van der Waals surface area contributed by atoms with E-state index in [-0.39, 0.29) is 11.8 Å². The molecule has 0 spiro atoms. The lowest BCUT2D eigenvalue weighted by molar-refractivity contribution is -0.161. The van der Waals surface area contributed by atoms with Crippen molar-refractivity contribution in [1.82, 2.24) is 0 Å². The van der Waals surface area contributed by atoms with Crippen LogP contribution in [0.1, 0.15) is 38.5 Å². The fourth-order valence-electron chi connectivity index (χ4n) is 4.20. The van der Waals surface area contributed by atoms with Gasteiger partial charge in [0.2, 0.25) is 0 Å². The Kier molecular flexibility index (Phi) is 6.16. The number of carbonyl (C=O) groups excluding carboxylic acids is 2. The van der Waals surface area contributed by atoms with Crippen molar-refractivity contribution < 1.29 is 38.9 Å². The van der Waals surface area contributed by atoms with E-state index in [1.165, 1.54) is 0 Å². The highest BCUT2D eigenvalue weighted by Crippen LogP contribution is 2.43. The van der Waals surface area contributed by atoms with Gasteiger partial charge >= 0.3 is 11.9 Å². The van der Waals surface area contributed by atoms with Crippen molar-refractivity contribution in [3.05, 3.63) is 0 Å². The van der Waals surface area contributed by atoms with E-state index in [0.29, 0.717) is 45.0 Å². The van der Waals surface area contributed by atoms with Gasteiger partial charge in [-0.2, -0.15) is 0 Å². The summed E-state index contributed by atoms with van der Waals surface area (Å²) in [4.78, 5) is 43.8. The zero-order valence-corrected chi connectivity index (χ0v) is 13.2. The van der Waals surface area contributed by atoms with Gasteiger partial charge in [0.05, 0.1) is 11.8 Å². The molecule has 6 unspecified atom stereocenters. The van der Waals surface area contributed by atoms with Crippen LogP contribution in [0.4, 0.5) is 0 Å². The van der Waals surface area contributed by atoms with Crippen molar-refractivity contribution in [3.8, 4) is 0 Å². The molecular weight excluding hydrogens is 320 g/mol. The summed E-state index contributed by atoms with van der Waals surface area (Å²) in [6, 6.07) is 0. The molecule has 2 saturated carbocycles. The van der Waals surface area contributed by atoms with E-state index < -0.39 is 36.0 Å². The van der Waals surface area contributed by atoms with Crippen LogP contribution in [0.3, 0.4) is 0 Å². The van der Waals surface area contributed by atoms with Crippen LogP contribution in [-0.4, -0.2) is 47.3 Å². The average Bonchev–Trinajstić information content (AvgIpc) is 2.56. The fraction of sp³-hybridized carbons (Fsp3) is 0.750. The van der Waals surface area contributed by atoms with Crippen molar-refractivity contribution in [2.75, 3.05) is 0 Å². The van der Waals surface area contributed by atoms with Gasteiger partial charge in [-0.05, 0) is 50.4 Å². The Morgan fingerprint density at radius 3 is 1.88 bits per heavy atom. The third-order valence-electron chi connectivity index (χ3n) is 5.42. The number of carboxylic acid groups (broad SMARTS) is 2. The Labute approximate surface area is 139 Å². The molecule has 0 aromatic rings. The van der Waals surface area contributed by atoms with Crippen LogP contribution in [0.25, 0.3) is 0 Å². The first-order chi connectivity index (χ1) is 11.5. The summed E-state index contributed by atoms with van der Waals surface area (Å²) in [5.74, 6) is -3.70. The second-order valence-electron chi connectivity index (χ2n) is 6.58. The summed E-state index contributed by atoms with van der Waals surface area (Å²) < 4.78 is 9.98. The van der Waals surface area contributed by atoms with Crippen molar-refractivity contribution in [2.45, 2.75) is 50.7 Å². The fourth-order valence-corrected chi connectivity index (χ4v) is 4.20. The first kappa shape index (κ1) is 18.2. The maximum atomic E-state index is 11.4. The quantitative estimate of drug-likeness (QED) is 0.658. The highest BCUT2D eigenvalue weighted by atomic mass is 16.6. The standard InChI is InChI=1S/C16H22O8/c17-7-23-13-4-2-10(6-14(13)24-8-18)9-1-3-11(15(19)20)12(5-9)16(21)22/h7-14H,1-6H2,(H,19,20)(H,21,22). The van der Waals surface area contributed by atoms with Crippen LogP contribution in [0.2, 0.25) is 0 Å². The molecule has 2 N–H and O–H groups in total. The van der Waals surface area contributed by atoms with E-state index in [4.69, 9.17) is 9.47 Å². The lowest BCUT2D eigenvalue weighted by atomic mass is 9.66. The molecule has 0 radical (unpaired) electrons. The van der Waals surface area contributed by atoms with Gasteiger partial charge in [-0.25, -0.2) is 0 Å². The zero-order valence-electron chi connectivity index (χ0n) is 13.2. The van der Waals surface area contributed by atoms with E-state index >= 15 is 0 Å². The monoisotopic (exact) mass is 342 g/mol. The third kappa shape index (κ3) is 4.04. The molecule has 0 aromatic heterocycles. The van der Waals surface area contributed by atoms with Gasteiger partial charge in [-0.3, -0.25) is 19.2 Å². The van der Waals surface area contributed by atoms with Gasteiger partial charge in [0.15, 0.2) is 0 Å². The molecule has 2 fully saturated rings. The van der Waals surface area contributed by atoms with E-state index in [1.54, 1.807) is 0 Å². The summed E-state index contributed by atoms with van der Waals surface area (Å²) in [5.41, 5.74) is 0. The van der Waals surface area contributed by atoms with Crippen LogP contribution in [0, 0.1) is 23.7 Å². The molecule has 0 bridgehead atoms. The highest BCUT2D eigenvalue weighted by Gasteiger charge is 2.44. The number of carboxylic acids is 2. The molecular formula is C16H22O8. The Morgan fingerprint density at radius 2 is 1.29 bits per heavy atom. The Bertz CT molecular complexity index is 490. The number of ether oxygens (including phenoxy) is 2. The second-order valence-corrected chi connectivity index (χ2v) is 6.58. The molecule has 0 aliphatic heterocycles. The van der Waals surface area contributed by atoms with Crippen molar-refractivity contribution in [2.24, 2.45) is 23.7 Å². The Hall–Kier alpha value is -2.12. The number of hydrogen-bond donors (Lipinski definition) is 2. The third-order valence-corrected chi connectivity index (χ3v) is 5.42. The average molecular weight is 342 g/mol. The van der Waals surface area contributed by atoms with Gasteiger partial charge in [-0.1, -0.05) is 0 Å². The lowest BCUT2D eigenvalue weighted by Crippen LogP contribution is -2.42.